The van der Waals surface area contributed by atoms with Crippen molar-refractivity contribution in [2.75, 3.05) is 19.4 Å². The van der Waals surface area contributed by atoms with Gasteiger partial charge in [0.1, 0.15) is 6.17 Å². The van der Waals surface area contributed by atoms with Crippen LogP contribution in [0.5, 0.6) is 0 Å². The molecule has 264 valence electrons. The number of aromatic nitrogens is 2. The second kappa shape index (κ2) is 17.7. The standard InChI is InChI=1S/C31H27N3.C16H19N3/c1-4-23(17-16-22(2)26-13-8-9-14-28(26)32-3)24-18-19-27-30(21-24)34(25-11-6-5-7-12-25)29-15-10-20-33-31(27)29;1-17-15(13-9-5-3-6-10-13)19-16(18-2)14-11-7-4-8-12-14/h4-21,32H,2H2,1,3H3;3-12,15-16,18-19H,1H2,2H3/b17-16-,23-4+;. The molecule has 2 atom stereocenters. The number of fused-ring (bicyclic) bond motifs is 3. The van der Waals surface area contributed by atoms with Gasteiger partial charge in [-0.15, -0.1) is 0 Å². The number of para-hydroxylation sites is 2. The van der Waals surface area contributed by atoms with Crippen LogP contribution < -0.4 is 16.0 Å². The number of pyridine rings is 1. The van der Waals surface area contributed by atoms with E-state index >= 15 is 0 Å². The van der Waals surface area contributed by atoms with Gasteiger partial charge in [0.05, 0.1) is 22.7 Å². The molecule has 53 heavy (non-hydrogen) atoms. The van der Waals surface area contributed by atoms with E-state index < -0.39 is 0 Å². The molecule has 2 aromatic heterocycles. The molecule has 6 nitrogen and oxygen atoms in total. The molecule has 6 heteroatoms. The maximum absolute atomic E-state index is 4.69. The summed E-state index contributed by atoms with van der Waals surface area (Å²) in [6.45, 7) is 10.0. The molecule has 5 aromatic carbocycles. The van der Waals surface area contributed by atoms with Crippen molar-refractivity contribution < 1.29 is 0 Å². The maximum Gasteiger partial charge on any atom is 0.126 e. The highest BCUT2D eigenvalue weighted by Gasteiger charge is 2.16. The quantitative estimate of drug-likeness (QED) is 0.0677. The minimum atomic E-state index is -0.126. The lowest BCUT2D eigenvalue weighted by atomic mass is 10.00. The lowest BCUT2D eigenvalue weighted by Crippen LogP contribution is -2.34. The number of nitrogens with zero attached hydrogens (tertiary/aromatic N) is 3. The molecule has 0 aliphatic rings. The zero-order chi connectivity index (χ0) is 37.0. The highest BCUT2D eigenvalue weighted by Crippen LogP contribution is 2.33. The van der Waals surface area contributed by atoms with E-state index in [2.05, 4.69) is 137 Å². The van der Waals surface area contributed by atoms with E-state index in [0.29, 0.717) is 0 Å². The van der Waals surface area contributed by atoms with E-state index in [0.717, 1.165) is 61.1 Å². The molecule has 7 rings (SSSR count). The lowest BCUT2D eigenvalue weighted by molar-refractivity contribution is 0.414. The molecule has 0 aliphatic carbocycles. The van der Waals surface area contributed by atoms with E-state index in [1.807, 2.05) is 93.1 Å². The summed E-state index contributed by atoms with van der Waals surface area (Å²) in [5.74, 6) is 0. The van der Waals surface area contributed by atoms with Gasteiger partial charge in [-0.2, -0.15) is 0 Å². The average molecular weight is 695 g/mol. The normalized spacial score (nSPS) is 12.6. The summed E-state index contributed by atoms with van der Waals surface area (Å²) < 4.78 is 2.29. The number of anilines is 1. The number of rotatable bonds is 12. The molecule has 0 bridgehead atoms. The van der Waals surface area contributed by atoms with E-state index in [-0.39, 0.29) is 12.3 Å². The topological polar surface area (TPSA) is 66.3 Å². The summed E-state index contributed by atoms with van der Waals surface area (Å²) in [7, 11) is 3.86. The number of allylic oxidation sites excluding steroid dienone is 5. The van der Waals surface area contributed by atoms with Gasteiger partial charge in [-0.25, -0.2) is 0 Å². The molecule has 0 aliphatic heterocycles. The summed E-state index contributed by atoms with van der Waals surface area (Å²) in [4.78, 5) is 8.86. The number of nitrogens with one attached hydrogen (secondary N) is 3. The molecule has 0 fully saturated rings. The zero-order valence-electron chi connectivity index (χ0n) is 30.6. The molecule has 2 heterocycles. The van der Waals surface area contributed by atoms with Crippen molar-refractivity contribution in [1.82, 2.24) is 20.2 Å². The number of benzene rings is 5. The second-order valence-electron chi connectivity index (χ2n) is 12.5. The molecule has 0 saturated carbocycles. The first-order valence-corrected chi connectivity index (χ1v) is 17.8. The first kappa shape index (κ1) is 36.5. The van der Waals surface area contributed by atoms with E-state index in [1.165, 1.54) is 5.56 Å². The minimum absolute atomic E-state index is 0.0388. The van der Waals surface area contributed by atoms with Crippen LogP contribution in [0.4, 0.5) is 5.69 Å². The molecule has 0 amide bonds. The molecular weight excluding hydrogens is 649 g/mol. The maximum atomic E-state index is 4.69. The highest BCUT2D eigenvalue weighted by molar-refractivity contribution is 6.08. The Labute approximate surface area is 313 Å². The highest BCUT2D eigenvalue weighted by atomic mass is 15.2. The Morgan fingerprint density at radius 2 is 1.40 bits per heavy atom. The SMILES string of the molecule is C=C(/C=C\C(=C/C)c1ccc2c3ncccc3n(-c3ccccc3)c2c1)c1ccccc1NC.C=NC(NC(NC)c1ccccc1)c1ccccc1. The summed E-state index contributed by atoms with van der Waals surface area (Å²) in [5, 5.41) is 11.1. The second-order valence-corrected chi connectivity index (χ2v) is 12.5. The Bertz CT molecular complexity index is 2340. The number of hydrogen-bond donors (Lipinski definition) is 3. The van der Waals surface area contributed by atoms with E-state index in [1.54, 1.807) is 0 Å². The Morgan fingerprint density at radius 1 is 0.736 bits per heavy atom. The molecule has 7 aromatic rings. The third kappa shape index (κ3) is 8.42. The van der Waals surface area contributed by atoms with Crippen LogP contribution >= 0.6 is 0 Å². The van der Waals surface area contributed by atoms with Crippen molar-refractivity contribution in [3.8, 4) is 5.69 Å². The molecule has 2 unspecified atom stereocenters. The van der Waals surface area contributed by atoms with Gasteiger partial charge in [-0.3, -0.25) is 15.3 Å². The predicted octanol–water partition coefficient (Wildman–Crippen LogP) is 10.8. The van der Waals surface area contributed by atoms with E-state index in [9.17, 15) is 0 Å². The van der Waals surface area contributed by atoms with Crippen LogP contribution in [0.25, 0.3) is 38.8 Å². The van der Waals surface area contributed by atoms with E-state index in [4.69, 9.17) is 4.98 Å². The van der Waals surface area contributed by atoms with Crippen LogP contribution in [0.1, 0.15) is 41.5 Å². The zero-order valence-corrected chi connectivity index (χ0v) is 30.6. The van der Waals surface area contributed by atoms with Crippen LogP contribution in [0, 0.1) is 0 Å². The smallest absolute Gasteiger partial charge is 0.126 e. The predicted molar refractivity (Wildman–Crippen MR) is 227 cm³/mol. The first-order chi connectivity index (χ1) is 26.1. The number of hydrogen-bond acceptors (Lipinski definition) is 5. The van der Waals surface area contributed by atoms with Gasteiger partial charge in [0.25, 0.3) is 0 Å². The largest absolute Gasteiger partial charge is 0.388 e. The van der Waals surface area contributed by atoms with Crippen LogP contribution in [-0.4, -0.2) is 30.4 Å². The third-order valence-corrected chi connectivity index (χ3v) is 9.23. The Balaban J connectivity index is 0.000000214. The van der Waals surface area contributed by atoms with Gasteiger partial charge in [-0.05, 0) is 91.0 Å². The van der Waals surface area contributed by atoms with Crippen molar-refractivity contribution in [3.05, 3.63) is 199 Å². The van der Waals surface area contributed by atoms with Crippen LogP contribution in [0.3, 0.4) is 0 Å². The first-order valence-electron chi connectivity index (χ1n) is 17.8. The average Bonchev–Trinajstić information content (AvgIpc) is 3.56. The van der Waals surface area contributed by atoms with Gasteiger partial charge in [-0.1, -0.05) is 128 Å². The molecule has 0 radical (unpaired) electrons. The van der Waals surface area contributed by atoms with Gasteiger partial charge >= 0.3 is 0 Å². The van der Waals surface area contributed by atoms with Crippen LogP contribution in [-0.2, 0) is 0 Å². The number of aliphatic imine (C=N–C) groups is 1. The fraction of sp³-hybridized carbons (Fsp3) is 0.106. The Hall–Kier alpha value is -6.34. The molecular formula is C47H46N6. The molecule has 0 saturated heterocycles. The summed E-state index contributed by atoms with van der Waals surface area (Å²) >= 11 is 0. The summed E-state index contributed by atoms with van der Waals surface area (Å²) in [5.41, 5.74) is 12.1. The fourth-order valence-corrected chi connectivity index (χ4v) is 6.53. The van der Waals surface area contributed by atoms with Gasteiger partial charge in [0.2, 0.25) is 0 Å². The monoisotopic (exact) mass is 694 g/mol. The lowest BCUT2D eigenvalue weighted by Gasteiger charge is -2.23. The molecule has 3 N–H and O–H groups in total. The van der Waals surface area contributed by atoms with Gasteiger partial charge in [0.15, 0.2) is 0 Å². The van der Waals surface area contributed by atoms with Gasteiger partial charge in [0, 0.05) is 35.6 Å². The van der Waals surface area contributed by atoms with Crippen LogP contribution in [0.15, 0.2) is 182 Å². The van der Waals surface area contributed by atoms with Crippen molar-refractivity contribution >= 4 is 45.5 Å². The fourth-order valence-electron chi connectivity index (χ4n) is 6.53. The van der Waals surface area contributed by atoms with Crippen molar-refractivity contribution in [3.63, 3.8) is 0 Å². The summed E-state index contributed by atoms with van der Waals surface area (Å²) in [6, 6.07) is 49.8. The van der Waals surface area contributed by atoms with Crippen molar-refractivity contribution in [1.29, 1.82) is 0 Å². The molecule has 0 spiro atoms. The van der Waals surface area contributed by atoms with Gasteiger partial charge < -0.3 is 15.2 Å². The minimum Gasteiger partial charge on any atom is -0.388 e. The van der Waals surface area contributed by atoms with Crippen molar-refractivity contribution in [2.45, 2.75) is 19.3 Å². The van der Waals surface area contributed by atoms with Crippen LogP contribution in [0.2, 0.25) is 0 Å². The Morgan fingerprint density at radius 3 is 2.06 bits per heavy atom. The van der Waals surface area contributed by atoms with Crippen molar-refractivity contribution in [2.24, 2.45) is 4.99 Å². The summed E-state index contributed by atoms with van der Waals surface area (Å²) in [6.07, 6.45) is 8.15. The third-order valence-electron chi connectivity index (χ3n) is 9.23. The Kier molecular flexibility index (Phi) is 12.2.